The maximum Gasteiger partial charge on any atom is 0.222 e. The quantitative estimate of drug-likeness (QED) is 0.569. The van der Waals surface area contributed by atoms with Crippen LogP contribution in [0.2, 0.25) is 0 Å². The predicted molar refractivity (Wildman–Crippen MR) is 80.5 cm³/mol. The molecule has 1 amide bonds. The maximum atomic E-state index is 11.6. The van der Waals surface area contributed by atoms with Crippen LogP contribution in [-0.2, 0) is 16.1 Å². The molecule has 0 saturated carbocycles. The average Bonchev–Trinajstić information content (AvgIpc) is 2.90. The minimum atomic E-state index is 0.00224. The van der Waals surface area contributed by atoms with Gasteiger partial charge in [-0.2, -0.15) is 0 Å². The molecule has 20 heavy (non-hydrogen) atoms. The molecule has 0 aliphatic rings. The first-order valence-electron chi connectivity index (χ1n) is 6.79. The number of hydrogen-bond donors (Lipinski definition) is 2. The van der Waals surface area contributed by atoms with Gasteiger partial charge < -0.3 is 15.2 Å². The highest BCUT2D eigenvalue weighted by Crippen LogP contribution is 2.15. The Morgan fingerprint density at radius 3 is 3.05 bits per heavy atom. The van der Waals surface area contributed by atoms with Crippen LogP contribution in [0.4, 0.5) is 0 Å². The van der Waals surface area contributed by atoms with Crippen molar-refractivity contribution in [2.24, 2.45) is 0 Å². The van der Waals surface area contributed by atoms with Gasteiger partial charge >= 0.3 is 0 Å². The van der Waals surface area contributed by atoms with Gasteiger partial charge in [0.2, 0.25) is 5.91 Å². The second kappa shape index (κ2) is 10.4. The van der Waals surface area contributed by atoms with Crippen LogP contribution in [0.3, 0.4) is 0 Å². The zero-order chi connectivity index (χ0) is 14.6. The number of nitrogens with one attached hydrogen (secondary N) is 1. The van der Waals surface area contributed by atoms with Crippen LogP contribution in [0.25, 0.3) is 0 Å². The molecule has 0 unspecified atom stereocenters. The maximum absolute atomic E-state index is 11.6. The van der Waals surface area contributed by atoms with E-state index in [1.165, 1.54) is 0 Å². The van der Waals surface area contributed by atoms with Gasteiger partial charge in [0.15, 0.2) is 0 Å². The Morgan fingerprint density at radius 1 is 1.45 bits per heavy atom. The molecule has 0 bridgehead atoms. The topological polar surface area (TPSA) is 58.6 Å². The van der Waals surface area contributed by atoms with Gasteiger partial charge in [-0.05, 0) is 18.6 Å². The van der Waals surface area contributed by atoms with E-state index in [0.29, 0.717) is 32.6 Å². The van der Waals surface area contributed by atoms with Crippen LogP contribution in [0.1, 0.15) is 35.9 Å². The molecule has 1 heterocycles. The lowest BCUT2D eigenvalue weighted by molar-refractivity contribution is -0.122. The number of carbonyl (C=O) groups excluding carboxylic acids is 1. The number of hydrogen-bond acceptors (Lipinski definition) is 4. The second-order valence-electron chi connectivity index (χ2n) is 4.18. The molecule has 1 aromatic heterocycles. The van der Waals surface area contributed by atoms with Crippen LogP contribution in [0, 0.1) is 11.8 Å². The summed E-state index contributed by atoms with van der Waals surface area (Å²) in [6.45, 7) is 3.83. The minimum Gasteiger partial charge on any atom is -0.395 e. The largest absolute Gasteiger partial charge is 0.395 e. The molecule has 0 fully saturated rings. The number of amides is 1. The Morgan fingerprint density at radius 2 is 2.30 bits per heavy atom. The van der Waals surface area contributed by atoms with Crippen molar-refractivity contribution in [3.8, 4) is 11.8 Å². The summed E-state index contributed by atoms with van der Waals surface area (Å²) in [5.41, 5.74) is 0. The van der Waals surface area contributed by atoms with Crippen LogP contribution in [-0.4, -0.2) is 30.8 Å². The molecular weight excluding hydrogens is 274 g/mol. The summed E-state index contributed by atoms with van der Waals surface area (Å²) in [4.78, 5) is 13.6. The molecule has 0 atom stereocenters. The number of rotatable bonds is 8. The number of ether oxygens (including phenoxy) is 1. The normalized spacial score (nSPS) is 9.90. The number of aliphatic hydroxyl groups excluding tert-OH is 1. The van der Waals surface area contributed by atoms with Gasteiger partial charge in [-0.15, -0.1) is 11.3 Å². The summed E-state index contributed by atoms with van der Waals surface area (Å²) in [5.74, 6) is 5.86. The Balaban J connectivity index is 2.25. The molecule has 0 radical (unpaired) electrons. The summed E-state index contributed by atoms with van der Waals surface area (Å²) in [7, 11) is 0. The lowest BCUT2D eigenvalue weighted by Gasteiger charge is -2.04. The van der Waals surface area contributed by atoms with E-state index in [4.69, 9.17) is 9.84 Å². The van der Waals surface area contributed by atoms with Gasteiger partial charge in [-0.3, -0.25) is 4.79 Å². The summed E-state index contributed by atoms with van der Waals surface area (Å²) in [6.07, 6.45) is 1.85. The van der Waals surface area contributed by atoms with E-state index in [1.54, 1.807) is 11.3 Å². The van der Waals surface area contributed by atoms with Crippen LogP contribution in [0.5, 0.6) is 0 Å². The molecule has 4 nitrogen and oxygen atoms in total. The number of carbonyl (C=O) groups is 1. The zero-order valence-corrected chi connectivity index (χ0v) is 12.6. The lowest BCUT2D eigenvalue weighted by Crippen LogP contribution is -2.23. The Kier molecular flexibility index (Phi) is 8.72. The summed E-state index contributed by atoms with van der Waals surface area (Å²) < 4.78 is 5.27. The van der Waals surface area contributed by atoms with Gasteiger partial charge in [0.25, 0.3) is 0 Å². The van der Waals surface area contributed by atoms with Gasteiger partial charge in [-0.1, -0.05) is 18.8 Å². The highest BCUT2D eigenvalue weighted by atomic mass is 32.1. The molecule has 0 saturated heterocycles. The van der Waals surface area contributed by atoms with Crippen LogP contribution < -0.4 is 5.32 Å². The molecule has 5 heteroatoms. The van der Waals surface area contributed by atoms with Crippen molar-refractivity contribution in [3.63, 3.8) is 0 Å². The third-order valence-corrected chi connectivity index (χ3v) is 3.39. The van der Waals surface area contributed by atoms with Crippen LogP contribution in [0.15, 0.2) is 12.1 Å². The second-order valence-corrected chi connectivity index (χ2v) is 5.35. The number of thiophene rings is 1. The third kappa shape index (κ3) is 7.29. The van der Waals surface area contributed by atoms with E-state index in [-0.39, 0.29) is 12.5 Å². The van der Waals surface area contributed by atoms with Crippen LogP contribution >= 0.6 is 11.3 Å². The average molecular weight is 295 g/mol. The van der Waals surface area contributed by atoms with Gasteiger partial charge in [-0.25, -0.2) is 0 Å². The van der Waals surface area contributed by atoms with Crippen molar-refractivity contribution >= 4 is 17.2 Å². The van der Waals surface area contributed by atoms with E-state index >= 15 is 0 Å². The van der Waals surface area contributed by atoms with Crippen molar-refractivity contribution in [2.75, 3.05) is 19.8 Å². The predicted octanol–water partition coefficient (Wildman–Crippen LogP) is 1.91. The van der Waals surface area contributed by atoms with Crippen molar-refractivity contribution in [2.45, 2.75) is 32.7 Å². The standard InChI is InChI=1S/C15H21NO3S/c1-2-10-19-11-8-15(18)16-12-14-7-6-13(20-14)5-3-4-9-17/h6-7,17H,2,4,8-12H2,1H3,(H,16,18). The summed E-state index contributed by atoms with van der Waals surface area (Å²) in [5, 5.41) is 11.5. The molecule has 2 N–H and O–H groups in total. The first-order valence-corrected chi connectivity index (χ1v) is 7.60. The van der Waals surface area contributed by atoms with E-state index in [2.05, 4.69) is 17.2 Å². The molecule has 0 spiro atoms. The number of aliphatic hydroxyl groups is 1. The first kappa shape index (κ1) is 16.7. The van der Waals surface area contributed by atoms with Gasteiger partial charge in [0, 0.05) is 24.3 Å². The Hall–Kier alpha value is -1.35. The molecule has 0 aliphatic heterocycles. The Bertz CT molecular complexity index is 459. The smallest absolute Gasteiger partial charge is 0.222 e. The van der Waals surface area contributed by atoms with Crippen molar-refractivity contribution in [1.29, 1.82) is 0 Å². The fraction of sp³-hybridized carbons (Fsp3) is 0.533. The van der Waals surface area contributed by atoms with Crippen molar-refractivity contribution in [1.82, 2.24) is 5.32 Å². The van der Waals surface area contributed by atoms with E-state index in [1.807, 2.05) is 19.1 Å². The minimum absolute atomic E-state index is 0.00224. The fourth-order valence-corrected chi connectivity index (χ4v) is 2.25. The third-order valence-electron chi connectivity index (χ3n) is 2.39. The molecule has 110 valence electrons. The molecule has 1 aromatic rings. The Labute approximate surface area is 124 Å². The van der Waals surface area contributed by atoms with Crippen molar-refractivity contribution in [3.05, 3.63) is 21.9 Å². The monoisotopic (exact) mass is 295 g/mol. The highest BCUT2D eigenvalue weighted by Gasteiger charge is 2.03. The first-order chi connectivity index (χ1) is 9.76. The highest BCUT2D eigenvalue weighted by molar-refractivity contribution is 7.12. The molecule has 0 aromatic carbocycles. The summed E-state index contributed by atoms with van der Waals surface area (Å²) >= 11 is 1.56. The van der Waals surface area contributed by atoms with E-state index < -0.39 is 0 Å². The van der Waals surface area contributed by atoms with Gasteiger partial charge in [0.1, 0.15) is 0 Å². The molecular formula is C15H21NO3S. The molecule has 0 aliphatic carbocycles. The summed E-state index contributed by atoms with van der Waals surface area (Å²) in [6, 6.07) is 3.89. The van der Waals surface area contributed by atoms with Crippen molar-refractivity contribution < 1.29 is 14.6 Å². The van der Waals surface area contributed by atoms with E-state index in [9.17, 15) is 4.79 Å². The molecule has 1 rings (SSSR count). The zero-order valence-electron chi connectivity index (χ0n) is 11.8. The SMILES string of the molecule is CCCOCCC(=O)NCc1ccc(C#CCCO)s1. The van der Waals surface area contributed by atoms with Gasteiger partial charge in [0.05, 0.1) is 24.6 Å². The lowest BCUT2D eigenvalue weighted by atomic mass is 10.3. The van der Waals surface area contributed by atoms with E-state index in [0.717, 1.165) is 16.2 Å². The fourth-order valence-electron chi connectivity index (χ4n) is 1.43.